The van der Waals surface area contributed by atoms with Crippen molar-refractivity contribution in [3.05, 3.63) is 75.8 Å². The molecule has 0 aliphatic rings. The number of nitrogens with zero attached hydrogens (tertiary/aromatic N) is 6. The molecular formula is C17H12ClN7OS. The van der Waals surface area contributed by atoms with Gasteiger partial charge in [0.15, 0.2) is 16.7 Å². The topological polar surface area (TPSA) is 102 Å². The fourth-order valence-corrected chi connectivity index (χ4v) is 3.22. The van der Waals surface area contributed by atoms with Crippen LogP contribution in [0.1, 0.15) is 5.82 Å². The molecule has 8 nitrogen and oxygen atoms in total. The van der Waals surface area contributed by atoms with E-state index >= 15 is 0 Å². The molecule has 0 saturated heterocycles. The van der Waals surface area contributed by atoms with Crippen LogP contribution in [0.4, 0.5) is 0 Å². The average Bonchev–Trinajstić information content (AvgIpc) is 3.16. The molecule has 0 aliphatic carbocycles. The molecule has 2 aromatic heterocycles. The monoisotopic (exact) mass is 397 g/mol. The summed E-state index contributed by atoms with van der Waals surface area (Å²) in [6.07, 6.45) is 0. The van der Waals surface area contributed by atoms with Gasteiger partial charge in [0.25, 0.3) is 5.56 Å². The van der Waals surface area contributed by atoms with Crippen molar-refractivity contribution in [3.8, 4) is 16.9 Å². The van der Waals surface area contributed by atoms with Gasteiger partial charge in [-0.3, -0.25) is 9.78 Å². The highest BCUT2D eigenvalue weighted by Crippen LogP contribution is 2.20. The Hall–Kier alpha value is -3.04. The van der Waals surface area contributed by atoms with E-state index in [0.29, 0.717) is 21.8 Å². The van der Waals surface area contributed by atoms with E-state index in [0.717, 1.165) is 11.3 Å². The second-order valence-corrected chi connectivity index (χ2v) is 6.85. The van der Waals surface area contributed by atoms with Crippen LogP contribution in [0, 0.1) is 0 Å². The molecule has 0 bridgehead atoms. The first kappa shape index (κ1) is 17.4. The molecule has 0 aliphatic heterocycles. The van der Waals surface area contributed by atoms with Gasteiger partial charge in [-0.15, -0.1) is 15.3 Å². The fraction of sp³-hybridized carbons (Fsp3) is 0.0588. The zero-order chi connectivity index (χ0) is 18.6. The highest BCUT2D eigenvalue weighted by molar-refractivity contribution is 7.98. The largest absolute Gasteiger partial charge is 0.298 e. The Labute approximate surface area is 162 Å². The number of aromatic nitrogens is 7. The maximum absolute atomic E-state index is 12.3. The van der Waals surface area contributed by atoms with Gasteiger partial charge >= 0.3 is 0 Å². The minimum Gasteiger partial charge on any atom is -0.298 e. The first-order valence-corrected chi connectivity index (χ1v) is 9.25. The summed E-state index contributed by atoms with van der Waals surface area (Å²) in [4.78, 5) is 15.0. The molecular weight excluding hydrogens is 386 g/mol. The van der Waals surface area contributed by atoms with E-state index in [1.165, 1.54) is 11.8 Å². The van der Waals surface area contributed by atoms with Crippen molar-refractivity contribution >= 4 is 23.4 Å². The summed E-state index contributed by atoms with van der Waals surface area (Å²) >= 11 is 7.20. The number of benzene rings is 2. The van der Waals surface area contributed by atoms with Crippen molar-refractivity contribution in [1.82, 2.24) is 35.4 Å². The Bertz CT molecular complexity index is 1110. The Balaban J connectivity index is 1.52. The number of tetrazole rings is 1. The van der Waals surface area contributed by atoms with Crippen LogP contribution in [-0.2, 0) is 5.75 Å². The molecule has 0 radical (unpaired) electrons. The number of H-pyrrole nitrogens is 1. The maximum Gasteiger partial charge on any atom is 0.278 e. The Morgan fingerprint density at radius 3 is 2.52 bits per heavy atom. The number of halogens is 1. The standard InChI is InChI=1S/C17H12ClN7OS/c18-12-6-8-13(9-7-12)25-14(20-23-24-25)10-27-17-19-16(26)15(21-22-17)11-4-2-1-3-5-11/h1-9H,10H2,(H,19,22,26). The normalized spacial score (nSPS) is 10.9. The van der Waals surface area contributed by atoms with Crippen LogP contribution in [-0.4, -0.2) is 35.4 Å². The zero-order valence-electron chi connectivity index (χ0n) is 13.8. The van der Waals surface area contributed by atoms with Crippen LogP contribution in [0.15, 0.2) is 64.5 Å². The SMILES string of the molecule is O=c1[nH]c(SCc2nnnn2-c2ccc(Cl)cc2)nnc1-c1ccccc1. The predicted molar refractivity (Wildman–Crippen MR) is 102 cm³/mol. The Morgan fingerprint density at radius 1 is 1.00 bits per heavy atom. The van der Waals surface area contributed by atoms with Crippen molar-refractivity contribution in [2.45, 2.75) is 10.9 Å². The molecule has 0 atom stereocenters. The highest BCUT2D eigenvalue weighted by atomic mass is 35.5. The van der Waals surface area contributed by atoms with Crippen LogP contribution in [0.5, 0.6) is 0 Å². The van der Waals surface area contributed by atoms with Crippen LogP contribution >= 0.6 is 23.4 Å². The van der Waals surface area contributed by atoms with Gasteiger partial charge in [0.1, 0.15) is 0 Å². The van der Waals surface area contributed by atoms with E-state index in [2.05, 4.69) is 30.7 Å². The van der Waals surface area contributed by atoms with Gasteiger partial charge in [0.05, 0.1) is 11.4 Å². The summed E-state index contributed by atoms with van der Waals surface area (Å²) in [6, 6.07) is 16.4. The van der Waals surface area contributed by atoms with Gasteiger partial charge in [0.2, 0.25) is 0 Å². The molecule has 0 unspecified atom stereocenters. The Morgan fingerprint density at radius 2 is 1.78 bits per heavy atom. The molecule has 4 rings (SSSR count). The minimum atomic E-state index is -0.295. The summed E-state index contributed by atoms with van der Waals surface area (Å²) in [6.45, 7) is 0. The van der Waals surface area contributed by atoms with E-state index in [1.54, 1.807) is 16.8 Å². The molecule has 0 spiro atoms. The predicted octanol–water partition coefficient (Wildman–Crippen LogP) is 2.75. The van der Waals surface area contributed by atoms with Crippen molar-refractivity contribution in [2.75, 3.05) is 0 Å². The number of hydrogen-bond donors (Lipinski definition) is 1. The summed E-state index contributed by atoms with van der Waals surface area (Å²) in [7, 11) is 0. The number of aromatic amines is 1. The third kappa shape index (κ3) is 3.88. The summed E-state index contributed by atoms with van der Waals surface area (Å²) in [5.41, 5.74) is 1.50. The molecule has 2 aromatic carbocycles. The van der Waals surface area contributed by atoms with Crippen molar-refractivity contribution in [2.24, 2.45) is 0 Å². The van der Waals surface area contributed by atoms with Gasteiger partial charge in [-0.2, -0.15) is 4.68 Å². The van der Waals surface area contributed by atoms with Gasteiger partial charge in [-0.1, -0.05) is 53.7 Å². The lowest BCUT2D eigenvalue weighted by atomic mass is 10.2. The second kappa shape index (κ2) is 7.68. The third-order valence-corrected chi connectivity index (χ3v) is 4.78. The van der Waals surface area contributed by atoms with Crippen LogP contribution in [0.3, 0.4) is 0 Å². The first-order valence-electron chi connectivity index (χ1n) is 7.89. The van der Waals surface area contributed by atoms with Crippen LogP contribution in [0.2, 0.25) is 5.02 Å². The van der Waals surface area contributed by atoms with Gasteiger partial charge in [0, 0.05) is 10.6 Å². The van der Waals surface area contributed by atoms with Gasteiger partial charge in [-0.25, -0.2) is 0 Å². The minimum absolute atomic E-state index is 0.283. The van der Waals surface area contributed by atoms with Crippen molar-refractivity contribution < 1.29 is 0 Å². The van der Waals surface area contributed by atoms with E-state index in [4.69, 9.17) is 11.6 Å². The van der Waals surface area contributed by atoms with E-state index in [9.17, 15) is 4.79 Å². The van der Waals surface area contributed by atoms with E-state index in [1.807, 2.05) is 42.5 Å². The quantitative estimate of drug-likeness (QED) is 0.516. The van der Waals surface area contributed by atoms with Crippen LogP contribution < -0.4 is 5.56 Å². The van der Waals surface area contributed by atoms with Gasteiger partial charge < -0.3 is 0 Å². The van der Waals surface area contributed by atoms with Crippen LogP contribution in [0.25, 0.3) is 16.9 Å². The lowest BCUT2D eigenvalue weighted by molar-refractivity contribution is 0.776. The highest BCUT2D eigenvalue weighted by Gasteiger charge is 2.12. The smallest absolute Gasteiger partial charge is 0.278 e. The Kier molecular flexibility index (Phi) is 4.95. The molecule has 10 heteroatoms. The maximum atomic E-state index is 12.3. The summed E-state index contributed by atoms with van der Waals surface area (Å²) in [5.74, 6) is 1.02. The fourth-order valence-electron chi connectivity index (χ4n) is 2.38. The number of hydrogen-bond acceptors (Lipinski definition) is 7. The molecule has 1 N–H and O–H groups in total. The number of nitrogens with one attached hydrogen (secondary N) is 1. The molecule has 27 heavy (non-hydrogen) atoms. The second-order valence-electron chi connectivity index (χ2n) is 5.45. The lowest BCUT2D eigenvalue weighted by Crippen LogP contribution is -2.14. The third-order valence-electron chi connectivity index (χ3n) is 3.67. The number of rotatable bonds is 5. The molecule has 134 valence electrons. The first-order chi connectivity index (χ1) is 13.2. The summed E-state index contributed by atoms with van der Waals surface area (Å²) < 4.78 is 1.60. The summed E-state index contributed by atoms with van der Waals surface area (Å²) in [5, 5.41) is 20.9. The molecule has 0 saturated carbocycles. The van der Waals surface area contributed by atoms with Crippen molar-refractivity contribution in [3.63, 3.8) is 0 Å². The number of thioether (sulfide) groups is 1. The molecule has 0 fully saturated rings. The molecule has 0 amide bonds. The lowest BCUT2D eigenvalue weighted by Gasteiger charge is -2.04. The average molecular weight is 398 g/mol. The van der Waals surface area contributed by atoms with Gasteiger partial charge in [-0.05, 0) is 34.7 Å². The van der Waals surface area contributed by atoms with E-state index in [-0.39, 0.29) is 11.3 Å². The molecule has 4 aromatic rings. The zero-order valence-corrected chi connectivity index (χ0v) is 15.4. The molecule has 2 heterocycles. The van der Waals surface area contributed by atoms with E-state index < -0.39 is 0 Å². The van der Waals surface area contributed by atoms with Crippen molar-refractivity contribution in [1.29, 1.82) is 0 Å².